The predicted octanol–water partition coefficient (Wildman–Crippen LogP) is 2.39. The van der Waals surface area contributed by atoms with E-state index in [0.717, 1.165) is 6.20 Å². The van der Waals surface area contributed by atoms with E-state index in [4.69, 9.17) is 5.26 Å². The SMILES string of the molecule is CC(C)(C)c1ncc(F)cc1C#N. The standard InChI is InChI=1S/C10H11FN2/c1-10(2,3)9-7(5-12)4-8(11)6-13-9/h4,6H,1-3H3. The molecule has 0 aliphatic heterocycles. The van der Waals surface area contributed by atoms with Crippen LogP contribution in [-0.4, -0.2) is 4.98 Å². The summed E-state index contributed by atoms with van der Waals surface area (Å²) in [6.07, 6.45) is 1.14. The molecule has 1 heterocycles. The van der Waals surface area contributed by atoms with E-state index in [-0.39, 0.29) is 5.41 Å². The van der Waals surface area contributed by atoms with E-state index in [0.29, 0.717) is 11.3 Å². The third kappa shape index (κ3) is 2.03. The lowest BCUT2D eigenvalue weighted by molar-refractivity contribution is 0.555. The number of halogens is 1. The molecule has 1 aromatic rings. The van der Waals surface area contributed by atoms with Crippen LogP contribution < -0.4 is 0 Å². The van der Waals surface area contributed by atoms with Gasteiger partial charge in [-0.2, -0.15) is 5.26 Å². The molecule has 0 aromatic carbocycles. The van der Waals surface area contributed by atoms with Crippen molar-refractivity contribution in [3.05, 3.63) is 29.3 Å². The lowest BCUT2D eigenvalue weighted by Gasteiger charge is -2.18. The van der Waals surface area contributed by atoms with Crippen molar-refractivity contribution < 1.29 is 4.39 Å². The summed E-state index contributed by atoms with van der Waals surface area (Å²) < 4.78 is 12.7. The fourth-order valence-corrected chi connectivity index (χ4v) is 1.12. The summed E-state index contributed by atoms with van der Waals surface area (Å²) in [6.45, 7) is 5.82. The molecule has 0 N–H and O–H groups in total. The second-order valence-corrected chi connectivity index (χ2v) is 3.91. The van der Waals surface area contributed by atoms with Crippen molar-refractivity contribution in [3.63, 3.8) is 0 Å². The van der Waals surface area contributed by atoms with Crippen molar-refractivity contribution in [3.8, 4) is 6.07 Å². The monoisotopic (exact) mass is 178 g/mol. The van der Waals surface area contributed by atoms with E-state index < -0.39 is 5.82 Å². The first-order valence-corrected chi connectivity index (χ1v) is 4.01. The number of rotatable bonds is 0. The van der Waals surface area contributed by atoms with Crippen molar-refractivity contribution in [2.75, 3.05) is 0 Å². The molecule has 3 heteroatoms. The molecule has 0 amide bonds. The van der Waals surface area contributed by atoms with Gasteiger partial charge in [-0.25, -0.2) is 4.39 Å². The van der Waals surface area contributed by atoms with Crippen LogP contribution >= 0.6 is 0 Å². The Labute approximate surface area is 77.0 Å². The van der Waals surface area contributed by atoms with Gasteiger partial charge in [0, 0.05) is 5.41 Å². The molecule has 1 rings (SSSR count). The van der Waals surface area contributed by atoms with Crippen LogP contribution in [0.5, 0.6) is 0 Å². The minimum atomic E-state index is -0.468. The second-order valence-electron chi connectivity index (χ2n) is 3.91. The Morgan fingerprint density at radius 3 is 2.54 bits per heavy atom. The Bertz CT molecular complexity index is 358. The van der Waals surface area contributed by atoms with Crippen LogP contribution in [0.1, 0.15) is 32.0 Å². The number of hydrogen-bond acceptors (Lipinski definition) is 2. The van der Waals surface area contributed by atoms with Crippen molar-refractivity contribution >= 4 is 0 Å². The van der Waals surface area contributed by atoms with Crippen LogP contribution in [0, 0.1) is 17.1 Å². The lowest BCUT2D eigenvalue weighted by Crippen LogP contribution is -2.15. The normalized spacial score (nSPS) is 11.0. The second kappa shape index (κ2) is 3.14. The maximum Gasteiger partial charge on any atom is 0.142 e. The fraction of sp³-hybridized carbons (Fsp3) is 0.400. The summed E-state index contributed by atoms with van der Waals surface area (Å²) >= 11 is 0. The Hall–Kier alpha value is -1.43. The molecule has 0 atom stereocenters. The molecule has 68 valence electrons. The summed E-state index contributed by atoms with van der Waals surface area (Å²) in [7, 11) is 0. The highest BCUT2D eigenvalue weighted by Crippen LogP contribution is 2.23. The highest BCUT2D eigenvalue weighted by molar-refractivity contribution is 5.36. The highest BCUT2D eigenvalue weighted by atomic mass is 19.1. The van der Waals surface area contributed by atoms with E-state index in [2.05, 4.69) is 4.98 Å². The van der Waals surface area contributed by atoms with Gasteiger partial charge in [-0.1, -0.05) is 20.8 Å². The molecule has 0 aliphatic carbocycles. The zero-order valence-electron chi connectivity index (χ0n) is 7.93. The Balaban J connectivity index is 3.32. The van der Waals surface area contributed by atoms with Crippen molar-refractivity contribution in [2.24, 2.45) is 0 Å². The molecule has 0 bridgehead atoms. The van der Waals surface area contributed by atoms with Crippen molar-refractivity contribution in [1.29, 1.82) is 5.26 Å². The van der Waals surface area contributed by atoms with Gasteiger partial charge >= 0.3 is 0 Å². The van der Waals surface area contributed by atoms with Crippen molar-refractivity contribution in [2.45, 2.75) is 26.2 Å². The molecule has 0 aliphatic rings. The summed E-state index contributed by atoms with van der Waals surface area (Å²) in [5.41, 5.74) is 0.725. The first-order chi connectivity index (χ1) is 5.95. The van der Waals surface area contributed by atoms with Gasteiger partial charge < -0.3 is 0 Å². The molecule has 0 spiro atoms. The van der Waals surface area contributed by atoms with Crippen LogP contribution in [0.2, 0.25) is 0 Å². The van der Waals surface area contributed by atoms with Crippen LogP contribution in [0.4, 0.5) is 4.39 Å². The van der Waals surface area contributed by atoms with Crippen LogP contribution in [0.15, 0.2) is 12.3 Å². The molecule has 13 heavy (non-hydrogen) atoms. The average molecular weight is 178 g/mol. The first-order valence-electron chi connectivity index (χ1n) is 4.01. The Morgan fingerprint density at radius 1 is 1.46 bits per heavy atom. The molecule has 2 nitrogen and oxygen atoms in total. The summed E-state index contributed by atoms with van der Waals surface area (Å²) in [5.74, 6) is -0.468. The first kappa shape index (κ1) is 9.66. The van der Waals surface area contributed by atoms with Gasteiger partial charge in [0.25, 0.3) is 0 Å². The summed E-state index contributed by atoms with van der Waals surface area (Å²) in [4.78, 5) is 3.92. The minimum Gasteiger partial charge on any atom is -0.256 e. The highest BCUT2D eigenvalue weighted by Gasteiger charge is 2.19. The van der Waals surface area contributed by atoms with E-state index >= 15 is 0 Å². The molecular formula is C10H11FN2. The van der Waals surface area contributed by atoms with Gasteiger partial charge in [0.1, 0.15) is 11.9 Å². The Kier molecular flexibility index (Phi) is 2.33. The number of hydrogen-bond donors (Lipinski definition) is 0. The maximum atomic E-state index is 12.7. The van der Waals surface area contributed by atoms with Crippen molar-refractivity contribution in [1.82, 2.24) is 4.98 Å². The summed E-state index contributed by atoms with van der Waals surface area (Å²) in [6, 6.07) is 3.16. The molecular weight excluding hydrogens is 167 g/mol. The molecule has 0 radical (unpaired) electrons. The van der Waals surface area contributed by atoms with Crippen LogP contribution in [0.3, 0.4) is 0 Å². The maximum absolute atomic E-state index is 12.7. The number of aromatic nitrogens is 1. The van der Waals surface area contributed by atoms with E-state index in [1.54, 1.807) is 0 Å². The third-order valence-electron chi connectivity index (χ3n) is 1.69. The third-order valence-corrected chi connectivity index (χ3v) is 1.69. The lowest BCUT2D eigenvalue weighted by atomic mass is 9.89. The number of nitriles is 1. The summed E-state index contributed by atoms with van der Waals surface area (Å²) in [5, 5.41) is 8.75. The largest absolute Gasteiger partial charge is 0.256 e. The van der Waals surface area contributed by atoms with E-state index in [1.165, 1.54) is 6.07 Å². The topological polar surface area (TPSA) is 36.7 Å². The molecule has 0 unspecified atom stereocenters. The van der Waals surface area contributed by atoms with Gasteiger partial charge in [-0.15, -0.1) is 0 Å². The Morgan fingerprint density at radius 2 is 2.08 bits per heavy atom. The molecule has 0 fully saturated rings. The quantitative estimate of drug-likeness (QED) is 0.611. The van der Waals surface area contributed by atoms with Gasteiger partial charge in [0.05, 0.1) is 17.5 Å². The fourth-order valence-electron chi connectivity index (χ4n) is 1.12. The van der Waals surface area contributed by atoms with Crippen LogP contribution in [0.25, 0.3) is 0 Å². The zero-order chi connectivity index (χ0) is 10.1. The molecule has 0 saturated heterocycles. The average Bonchev–Trinajstić information content (AvgIpc) is 2.01. The van der Waals surface area contributed by atoms with Gasteiger partial charge in [-0.3, -0.25) is 4.98 Å². The molecule has 1 aromatic heterocycles. The number of pyridine rings is 1. The minimum absolute atomic E-state index is 0.223. The predicted molar refractivity (Wildman–Crippen MR) is 47.6 cm³/mol. The van der Waals surface area contributed by atoms with Gasteiger partial charge in [0.2, 0.25) is 0 Å². The van der Waals surface area contributed by atoms with Gasteiger partial charge in [-0.05, 0) is 6.07 Å². The molecule has 0 saturated carbocycles. The number of nitrogens with zero attached hydrogens (tertiary/aromatic N) is 2. The van der Waals surface area contributed by atoms with Crippen LogP contribution in [-0.2, 0) is 5.41 Å². The van der Waals surface area contributed by atoms with E-state index in [9.17, 15) is 4.39 Å². The van der Waals surface area contributed by atoms with Gasteiger partial charge in [0.15, 0.2) is 0 Å². The zero-order valence-corrected chi connectivity index (χ0v) is 7.93. The smallest absolute Gasteiger partial charge is 0.142 e. The van der Waals surface area contributed by atoms with E-state index in [1.807, 2.05) is 26.8 Å².